The van der Waals surface area contributed by atoms with Crippen LogP contribution in [0.15, 0.2) is 0 Å². The largest absolute Gasteiger partial charge is 0.392 e. The minimum absolute atomic E-state index is 0.166. The maximum Gasteiger partial charge on any atom is 0.392 e. The second-order valence-corrected chi connectivity index (χ2v) is 4.89. The number of aliphatic hydroxyl groups is 1. The average Bonchev–Trinajstić information content (AvgIpc) is 2.93. The van der Waals surface area contributed by atoms with Crippen LogP contribution < -0.4 is 0 Å². The third kappa shape index (κ3) is 2.35. The van der Waals surface area contributed by atoms with Crippen molar-refractivity contribution < 1.29 is 23.0 Å². The molecule has 5 heteroatoms. The summed E-state index contributed by atoms with van der Waals surface area (Å²) in [6, 6.07) is 0. The van der Waals surface area contributed by atoms with Crippen molar-refractivity contribution in [3.63, 3.8) is 0 Å². The topological polar surface area (TPSA) is 32.8 Å². The number of hydrogen-bond acceptors (Lipinski definition) is 2. The summed E-state index contributed by atoms with van der Waals surface area (Å²) in [4.78, 5) is 0. The Bertz CT molecular complexity index is 254. The number of ether oxygens (including phenoxy) is 1. The Balaban J connectivity index is 2.06. The number of epoxide rings is 1. The SMILES string of the molecule is CCC1CCC(C2OC2O)C(C(F)(F)F)C1. The Hall–Kier alpha value is -0.290. The first-order chi connectivity index (χ1) is 7.43. The average molecular weight is 238 g/mol. The number of hydrogen-bond donors (Lipinski definition) is 1. The van der Waals surface area contributed by atoms with Gasteiger partial charge in [-0.05, 0) is 18.8 Å². The van der Waals surface area contributed by atoms with E-state index in [1.165, 1.54) is 0 Å². The van der Waals surface area contributed by atoms with Gasteiger partial charge in [0.25, 0.3) is 0 Å². The van der Waals surface area contributed by atoms with Gasteiger partial charge < -0.3 is 9.84 Å². The van der Waals surface area contributed by atoms with E-state index in [2.05, 4.69) is 0 Å². The predicted octanol–water partition coefficient (Wildman–Crippen LogP) is 2.71. The molecular formula is C11H17F3O2. The summed E-state index contributed by atoms with van der Waals surface area (Å²) in [6.45, 7) is 1.93. The number of alkyl halides is 3. The molecule has 1 aliphatic heterocycles. The van der Waals surface area contributed by atoms with Crippen molar-refractivity contribution in [2.45, 2.75) is 51.2 Å². The summed E-state index contributed by atoms with van der Waals surface area (Å²) < 4.78 is 43.4. The van der Waals surface area contributed by atoms with Gasteiger partial charge >= 0.3 is 6.18 Å². The minimum Gasteiger partial charge on any atom is -0.366 e. The molecule has 2 rings (SSSR count). The molecule has 0 radical (unpaired) electrons. The molecule has 5 atom stereocenters. The van der Waals surface area contributed by atoms with Crippen LogP contribution in [0.4, 0.5) is 13.2 Å². The zero-order valence-electron chi connectivity index (χ0n) is 9.20. The minimum atomic E-state index is -4.16. The van der Waals surface area contributed by atoms with Crippen molar-refractivity contribution in [3.8, 4) is 0 Å². The Morgan fingerprint density at radius 2 is 1.94 bits per heavy atom. The smallest absolute Gasteiger partial charge is 0.366 e. The van der Waals surface area contributed by atoms with Gasteiger partial charge in [0.15, 0.2) is 6.29 Å². The van der Waals surface area contributed by atoms with Crippen LogP contribution in [0.1, 0.15) is 32.6 Å². The van der Waals surface area contributed by atoms with E-state index < -0.39 is 30.4 Å². The first-order valence-corrected chi connectivity index (χ1v) is 5.83. The van der Waals surface area contributed by atoms with E-state index in [1.54, 1.807) is 0 Å². The molecule has 5 unspecified atom stereocenters. The summed E-state index contributed by atoms with van der Waals surface area (Å²) in [5.74, 6) is -1.68. The quantitative estimate of drug-likeness (QED) is 0.750. The maximum absolute atomic E-state index is 12.9. The fourth-order valence-corrected chi connectivity index (χ4v) is 2.85. The van der Waals surface area contributed by atoms with Gasteiger partial charge in [-0.25, -0.2) is 0 Å². The van der Waals surface area contributed by atoms with Gasteiger partial charge in [0.1, 0.15) is 6.10 Å². The Kier molecular flexibility index (Phi) is 3.18. The van der Waals surface area contributed by atoms with Gasteiger partial charge in [0.05, 0.1) is 5.92 Å². The molecule has 2 nitrogen and oxygen atoms in total. The molecule has 94 valence electrons. The normalized spacial score (nSPS) is 44.4. The number of rotatable bonds is 2. The molecule has 2 fully saturated rings. The Morgan fingerprint density at radius 3 is 2.38 bits per heavy atom. The molecule has 0 bridgehead atoms. The highest BCUT2D eigenvalue weighted by molar-refractivity contribution is 4.94. The van der Waals surface area contributed by atoms with E-state index >= 15 is 0 Å². The molecule has 1 saturated carbocycles. The van der Waals surface area contributed by atoms with Crippen LogP contribution in [0.3, 0.4) is 0 Å². The van der Waals surface area contributed by atoms with Crippen LogP contribution in [0.5, 0.6) is 0 Å². The first-order valence-electron chi connectivity index (χ1n) is 5.83. The van der Waals surface area contributed by atoms with Crippen LogP contribution in [0.2, 0.25) is 0 Å². The van der Waals surface area contributed by atoms with E-state index in [1.807, 2.05) is 6.92 Å². The maximum atomic E-state index is 12.9. The number of aliphatic hydroxyl groups excluding tert-OH is 1. The molecule has 1 aliphatic carbocycles. The van der Waals surface area contributed by atoms with Crippen molar-refractivity contribution in [3.05, 3.63) is 0 Å². The van der Waals surface area contributed by atoms with Gasteiger partial charge in [-0.3, -0.25) is 0 Å². The second-order valence-electron chi connectivity index (χ2n) is 4.89. The highest BCUT2D eigenvalue weighted by Crippen LogP contribution is 2.49. The summed E-state index contributed by atoms with van der Waals surface area (Å²) >= 11 is 0. The third-order valence-corrected chi connectivity index (χ3v) is 3.93. The zero-order valence-corrected chi connectivity index (χ0v) is 9.20. The zero-order chi connectivity index (χ0) is 11.9. The molecule has 0 aromatic carbocycles. The van der Waals surface area contributed by atoms with E-state index in [-0.39, 0.29) is 12.3 Å². The van der Waals surface area contributed by atoms with E-state index in [0.29, 0.717) is 6.42 Å². The van der Waals surface area contributed by atoms with Crippen LogP contribution >= 0.6 is 0 Å². The van der Waals surface area contributed by atoms with Gasteiger partial charge in [-0.2, -0.15) is 13.2 Å². The highest BCUT2D eigenvalue weighted by Gasteiger charge is 2.56. The van der Waals surface area contributed by atoms with Crippen molar-refractivity contribution in [1.82, 2.24) is 0 Å². The summed E-state index contributed by atoms with van der Waals surface area (Å²) in [6.07, 6.45) is -3.38. The molecule has 1 heterocycles. The van der Waals surface area contributed by atoms with E-state index in [0.717, 1.165) is 12.8 Å². The van der Waals surface area contributed by atoms with Crippen molar-refractivity contribution in [2.24, 2.45) is 17.8 Å². The number of halogens is 3. The summed E-state index contributed by atoms with van der Waals surface area (Å²) in [7, 11) is 0. The summed E-state index contributed by atoms with van der Waals surface area (Å²) in [5.41, 5.74) is 0. The highest BCUT2D eigenvalue weighted by atomic mass is 19.4. The molecule has 1 saturated heterocycles. The fourth-order valence-electron chi connectivity index (χ4n) is 2.85. The lowest BCUT2D eigenvalue weighted by Gasteiger charge is -2.36. The van der Waals surface area contributed by atoms with Gasteiger partial charge in [-0.1, -0.05) is 19.8 Å². The van der Waals surface area contributed by atoms with Crippen molar-refractivity contribution in [1.29, 1.82) is 0 Å². The molecule has 2 aliphatic rings. The molecule has 1 N–H and O–H groups in total. The van der Waals surface area contributed by atoms with E-state index in [4.69, 9.17) is 9.84 Å². The van der Waals surface area contributed by atoms with Crippen LogP contribution in [0.25, 0.3) is 0 Å². The Morgan fingerprint density at radius 1 is 1.31 bits per heavy atom. The molecule has 0 amide bonds. The standard InChI is InChI=1S/C11H17F3O2/c1-2-6-3-4-7(9-10(15)16-9)8(5-6)11(12,13)14/h6-10,15H,2-5H2,1H3. The molecule has 16 heavy (non-hydrogen) atoms. The van der Waals surface area contributed by atoms with Gasteiger partial charge in [0.2, 0.25) is 0 Å². The molecular weight excluding hydrogens is 221 g/mol. The van der Waals surface area contributed by atoms with Crippen LogP contribution in [-0.4, -0.2) is 23.7 Å². The van der Waals surface area contributed by atoms with Crippen molar-refractivity contribution in [2.75, 3.05) is 0 Å². The molecule has 0 aromatic heterocycles. The van der Waals surface area contributed by atoms with Crippen LogP contribution in [0, 0.1) is 17.8 Å². The van der Waals surface area contributed by atoms with E-state index in [9.17, 15) is 13.2 Å². The first kappa shape index (κ1) is 12.2. The monoisotopic (exact) mass is 238 g/mol. The third-order valence-electron chi connectivity index (χ3n) is 3.93. The molecule has 0 aromatic rings. The lowest BCUT2D eigenvalue weighted by atomic mass is 9.71. The Labute approximate surface area is 92.8 Å². The lowest BCUT2D eigenvalue weighted by Crippen LogP contribution is -2.38. The molecule has 0 spiro atoms. The lowest BCUT2D eigenvalue weighted by molar-refractivity contribution is -0.203. The van der Waals surface area contributed by atoms with Gasteiger partial charge in [-0.15, -0.1) is 0 Å². The van der Waals surface area contributed by atoms with Crippen LogP contribution in [-0.2, 0) is 4.74 Å². The van der Waals surface area contributed by atoms with Crippen molar-refractivity contribution >= 4 is 0 Å². The fraction of sp³-hybridized carbons (Fsp3) is 1.00. The predicted molar refractivity (Wildman–Crippen MR) is 51.5 cm³/mol. The second kappa shape index (κ2) is 4.18. The van der Waals surface area contributed by atoms with Gasteiger partial charge in [0, 0.05) is 5.92 Å². The summed E-state index contributed by atoms with van der Waals surface area (Å²) in [5, 5.41) is 9.10.